The number of amides is 1. The van der Waals surface area contributed by atoms with Crippen LogP contribution in [-0.4, -0.2) is 24.0 Å². The summed E-state index contributed by atoms with van der Waals surface area (Å²) in [4.78, 5) is 20.0. The molecule has 1 aromatic heterocycles. The first kappa shape index (κ1) is 20.5. The number of nitrogens with zero attached hydrogens (tertiary/aromatic N) is 2. The molecule has 1 aliphatic rings. The van der Waals surface area contributed by atoms with Crippen molar-refractivity contribution in [1.29, 1.82) is 0 Å². The van der Waals surface area contributed by atoms with Crippen molar-refractivity contribution < 1.29 is 9.53 Å². The Labute approximate surface area is 191 Å². The molecular weight excluding hydrogens is 418 g/mol. The first-order valence-electron chi connectivity index (χ1n) is 10.9. The fourth-order valence-corrected chi connectivity index (χ4v) is 5.09. The Morgan fingerprint density at radius 3 is 2.66 bits per heavy atom. The fraction of sp³-hybridized carbons (Fsp3) is 0.231. The van der Waals surface area contributed by atoms with Gasteiger partial charge in [-0.1, -0.05) is 35.6 Å². The summed E-state index contributed by atoms with van der Waals surface area (Å²) in [6, 6.07) is 23.5. The molecule has 1 saturated heterocycles. The van der Waals surface area contributed by atoms with Crippen LogP contribution in [0.25, 0.3) is 10.2 Å². The van der Waals surface area contributed by atoms with Crippen molar-refractivity contribution in [3.05, 3.63) is 78.4 Å². The first-order valence-corrected chi connectivity index (χ1v) is 11.7. The topological polar surface area (TPSA) is 54.5 Å². The highest BCUT2D eigenvalue weighted by Crippen LogP contribution is 2.32. The average Bonchev–Trinajstić information content (AvgIpc) is 3.24. The van der Waals surface area contributed by atoms with Gasteiger partial charge in [-0.05, 0) is 73.9 Å². The van der Waals surface area contributed by atoms with E-state index in [2.05, 4.69) is 35.3 Å². The minimum atomic E-state index is -0.0576. The van der Waals surface area contributed by atoms with Gasteiger partial charge in [0.15, 0.2) is 5.13 Å². The molecule has 0 spiro atoms. The number of rotatable bonds is 5. The van der Waals surface area contributed by atoms with Crippen molar-refractivity contribution >= 4 is 38.3 Å². The average molecular weight is 444 g/mol. The van der Waals surface area contributed by atoms with Crippen LogP contribution in [0.15, 0.2) is 72.8 Å². The van der Waals surface area contributed by atoms with Gasteiger partial charge in [0.1, 0.15) is 11.5 Å². The minimum absolute atomic E-state index is 0.0576. The molecule has 2 heterocycles. The lowest BCUT2D eigenvalue weighted by Crippen LogP contribution is -2.40. The standard InChI is InChI=1S/C26H25N3O2S/c1-18-9-14-23-24(16-18)32-26(28-23)29-15-5-6-19(17-29)25(30)27-20-10-12-22(13-11-20)31-21-7-3-2-4-8-21/h2-4,7-14,16,19H,5-6,15,17H2,1H3,(H,27,30). The van der Waals surface area contributed by atoms with Crippen molar-refractivity contribution in [1.82, 2.24) is 4.98 Å². The molecular formula is C26H25N3O2S. The number of thiazole rings is 1. The van der Waals surface area contributed by atoms with E-state index in [4.69, 9.17) is 9.72 Å². The number of benzene rings is 3. The smallest absolute Gasteiger partial charge is 0.229 e. The third-order valence-electron chi connectivity index (χ3n) is 5.70. The Bertz CT molecular complexity index is 1220. The molecule has 162 valence electrons. The third kappa shape index (κ3) is 4.60. The van der Waals surface area contributed by atoms with E-state index >= 15 is 0 Å². The van der Waals surface area contributed by atoms with Gasteiger partial charge in [0, 0.05) is 18.8 Å². The van der Waals surface area contributed by atoms with Crippen molar-refractivity contribution in [3.63, 3.8) is 0 Å². The summed E-state index contributed by atoms with van der Waals surface area (Å²) in [5, 5.41) is 4.08. The van der Waals surface area contributed by atoms with E-state index in [9.17, 15) is 4.79 Å². The van der Waals surface area contributed by atoms with E-state index in [1.165, 1.54) is 10.3 Å². The second kappa shape index (κ2) is 9.01. The third-order valence-corrected chi connectivity index (χ3v) is 6.78. The maximum Gasteiger partial charge on any atom is 0.229 e. The molecule has 0 saturated carbocycles. The fourth-order valence-electron chi connectivity index (χ4n) is 4.00. The van der Waals surface area contributed by atoms with Crippen molar-refractivity contribution in [2.24, 2.45) is 5.92 Å². The van der Waals surface area contributed by atoms with E-state index in [1.54, 1.807) is 11.3 Å². The number of hydrogen-bond acceptors (Lipinski definition) is 5. The summed E-state index contributed by atoms with van der Waals surface area (Å²) < 4.78 is 7.02. The number of aromatic nitrogens is 1. The molecule has 5 rings (SSSR count). The zero-order valence-corrected chi connectivity index (χ0v) is 18.8. The number of para-hydroxylation sites is 1. The Balaban J connectivity index is 1.22. The molecule has 0 aliphatic carbocycles. The van der Waals surface area contributed by atoms with Gasteiger partial charge in [0.05, 0.1) is 16.1 Å². The molecule has 4 aromatic rings. The van der Waals surface area contributed by atoms with Crippen LogP contribution in [0.3, 0.4) is 0 Å². The van der Waals surface area contributed by atoms with Crippen LogP contribution in [-0.2, 0) is 4.79 Å². The van der Waals surface area contributed by atoms with Gasteiger partial charge in [-0.25, -0.2) is 4.98 Å². The number of piperidine rings is 1. The lowest BCUT2D eigenvalue weighted by molar-refractivity contribution is -0.120. The van der Waals surface area contributed by atoms with E-state index in [-0.39, 0.29) is 11.8 Å². The number of hydrogen-bond donors (Lipinski definition) is 1. The number of anilines is 2. The highest BCUT2D eigenvalue weighted by atomic mass is 32.1. The molecule has 1 N–H and O–H groups in total. The van der Waals surface area contributed by atoms with Crippen molar-refractivity contribution in [2.45, 2.75) is 19.8 Å². The molecule has 5 nitrogen and oxygen atoms in total. The number of carbonyl (C=O) groups excluding carboxylic acids is 1. The molecule has 3 aromatic carbocycles. The molecule has 1 atom stereocenters. The van der Waals surface area contributed by atoms with Gasteiger partial charge in [-0.2, -0.15) is 0 Å². The zero-order chi connectivity index (χ0) is 21.9. The van der Waals surface area contributed by atoms with Crippen LogP contribution >= 0.6 is 11.3 Å². The van der Waals surface area contributed by atoms with Gasteiger partial charge >= 0.3 is 0 Å². The summed E-state index contributed by atoms with van der Waals surface area (Å²) in [6.07, 6.45) is 1.87. The molecule has 1 amide bonds. The minimum Gasteiger partial charge on any atom is -0.457 e. The van der Waals surface area contributed by atoms with Crippen LogP contribution in [0.1, 0.15) is 18.4 Å². The largest absolute Gasteiger partial charge is 0.457 e. The first-order chi connectivity index (χ1) is 15.6. The van der Waals surface area contributed by atoms with Crippen LogP contribution in [0.4, 0.5) is 10.8 Å². The molecule has 6 heteroatoms. The van der Waals surface area contributed by atoms with Gasteiger partial charge < -0.3 is 15.0 Å². The summed E-state index contributed by atoms with van der Waals surface area (Å²) >= 11 is 1.71. The quantitative estimate of drug-likeness (QED) is 0.396. The van der Waals surface area contributed by atoms with Gasteiger partial charge in [0.25, 0.3) is 0 Å². The Kier molecular flexibility index (Phi) is 5.77. The number of carbonyl (C=O) groups is 1. The predicted molar refractivity (Wildman–Crippen MR) is 131 cm³/mol. The van der Waals surface area contributed by atoms with E-state index in [0.29, 0.717) is 6.54 Å². The SMILES string of the molecule is Cc1ccc2nc(N3CCCC(C(=O)Nc4ccc(Oc5ccccc5)cc4)C3)sc2c1. The van der Waals surface area contributed by atoms with Gasteiger partial charge in [0.2, 0.25) is 5.91 Å². The lowest BCUT2D eigenvalue weighted by Gasteiger charge is -2.31. The molecule has 1 fully saturated rings. The number of fused-ring (bicyclic) bond motifs is 1. The van der Waals surface area contributed by atoms with E-state index in [1.807, 2.05) is 54.6 Å². The zero-order valence-electron chi connectivity index (χ0n) is 18.0. The normalized spacial score (nSPS) is 16.2. The van der Waals surface area contributed by atoms with Crippen LogP contribution in [0.2, 0.25) is 0 Å². The Morgan fingerprint density at radius 1 is 1.06 bits per heavy atom. The van der Waals surface area contributed by atoms with Crippen molar-refractivity contribution in [3.8, 4) is 11.5 Å². The van der Waals surface area contributed by atoms with Crippen LogP contribution in [0, 0.1) is 12.8 Å². The van der Waals surface area contributed by atoms with Crippen LogP contribution < -0.4 is 15.0 Å². The maximum absolute atomic E-state index is 13.0. The highest BCUT2D eigenvalue weighted by molar-refractivity contribution is 7.22. The molecule has 32 heavy (non-hydrogen) atoms. The maximum atomic E-state index is 13.0. The van der Waals surface area contributed by atoms with E-state index < -0.39 is 0 Å². The summed E-state index contributed by atoms with van der Waals surface area (Å²) in [5.41, 5.74) is 3.05. The van der Waals surface area contributed by atoms with Crippen molar-refractivity contribution in [2.75, 3.05) is 23.3 Å². The number of nitrogens with one attached hydrogen (secondary N) is 1. The summed E-state index contributed by atoms with van der Waals surface area (Å²) in [5.74, 6) is 1.53. The second-order valence-corrected chi connectivity index (χ2v) is 9.19. The number of aryl methyl sites for hydroxylation is 1. The van der Waals surface area contributed by atoms with E-state index in [0.717, 1.165) is 47.2 Å². The second-order valence-electron chi connectivity index (χ2n) is 8.18. The van der Waals surface area contributed by atoms with Crippen LogP contribution in [0.5, 0.6) is 11.5 Å². The molecule has 1 unspecified atom stereocenters. The predicted octanol–water partition coefficient (Wildman–Crippen LogP) is 6.25. The monoisotopic (exact) mass is 443 g/mol. The summed E-state index contributed by atoms with van der Waals surface area (Å²) in [7, 11) is 0. The Hall–Kier alpha value is -3.38. The van der Waals surface area contributed by atoms with Gasteiger partial charge in [-0.15, -0.1) is 0 Å². The molecule has 0 radical (unpaired) electrons. The summed E-state index contributed by atoms with van der Waals surface area (Å²) in [6.45, 7) is 3.73. The number of ether oxygens (including phenoxy) is 1. The molecule has 1 aliphatic heterocycles. The lowest BCUT2D eigenvalue weighted by atomic mass is 9.97. The Morgan fingerprint density at radius 2 is 1.84 bits per heavy atom. The molecule has 0 bridgehead atoms. The highest BCUT2D eigenvalue weighted by Gasteiger charge is 2.27. The van der Waals surface area contributed by atoms with Gasteiger partial charge in [-0.3, -0.25) is 4.79 Å².